The highest BCUT2D eigenvalue weighted by molar-refractivity contribution is 6.00. The lowest BCUT2D eigenvalue weighted by Crippen LogP contribution is -2.45. The van der Waals surface area contributed by atoms with Crippen LogP contribution in [0.25, 0.3) is 11.0 Å². The van der Waals surface area contributed by atoms with Crippen LogP contribution in [0.2, 0.25) is 0 Å². The Morgan fingerprint density at radius 1 is 1.27 bits per heavy atom. The van der Waals surface area contributed by atoms with E-state index in [2.05, 4.69) is 13.0 Å². The summed E-state index contributed by atoms with van der Waals surface area (Å²) in [6.45, 7) is 7.41. The third-order valence-electron chi connectivity index (χ3n) is 4.42. The highest BCUT2D eigenvalue weighted by Gasteiger charge is 2.27. The molecular weight excluding hydrogens is 300 g/mol. The maximum absolute atomic E-state index is 12.7. The first-order chi connectivity index (χ1) is 9.99. The van der Waals surface area contributed by atoms with Crippen molar-refractivity contribution in [2.45, 2.75) is 39.7 Å². The van der Waals surface area contributed by atoms with E-state index in [4.69, 9.17) is 10.2 Å². The van der Waals surface area contributed by atoms with Crippen LogP contribution in [0.3, 0.4) is 0 Å². The smallest absolute Gasteiger partial charge is 0.289 e. The minimum atomic E-state index is -0.0300. The van der Waals surface area contributed by atoms with Gasteiger partial charge < -0.3 is 15.1 Å². The average Bonchev–Trinajstić information content (AvgIpc) is 2.81. The number of hydrogen-bond donors (Lipinski definition) is 1. The van der Waals surface area contributed by atoms with Gasteiger partial charge in [0.1, 0.15) is 5.58 Å². The van der Waals surface area contributed by atoms with Crippen LogP contribution in [0.4, 0.5) is 0 Å². The Labute approximate surface area is 137 Å². The molecule has 1 fully saturated rings. The Morgan fingerprint density at radius 2 is 1.95 bits per heavy atom. The fraction of sp³-hybridized carbons (Fsp3) is 0.471. The van der Waals surface area contributed by atoms with E-state index in [1.807, 2.05) is 24.8 Å². The van der Waals surface area contributed by atoms with Crippen molar-refractivity contribution < 1.29 is 9.21 Å². The molecule has 2 N–H and O–H groups in total. The molecule has 1 amide bonds. The normalized spacial score (nSPS) is 18.4. The molecular formula is C17H23ClN2O2. The summed E-state index contributed by atoms with van der Waals surface area (Å²) >= 11 is 0. The number of carbonyl (C=O) groups is 1. The quantitative estimate of drug-likeness (QED) is 0.876. The van der Waals surface area contributed by atoms with Gasteiger partial charge in [0.2, 0.25) is 0 Å². The maximum Gasteiger partial charge on any atom is 0.289 e. The second-order valence-corrected chi connectivity index (χ2v) is 6.11. The van der Waals surface area contributed by atoms with Gasteiger partial charge >= 0.3 is 0 Å². The minimum Gasteiger partial charge on any atom is -0.450 e. The van der Waals surface area contributed by atoms with Gasteiger partial charge in [0.15, 0.2) is 5.76 Å². The summed E-state index contributed by atoms with van der Waals surface area (Å²) < 4.78 is 5.93. The van der Waals surface area contributed by atoms with E-state index in [1.165, 1.54) is 0 Å². The van der Waals surface area contributed by atoms with Crippen molar-refractivity contribution in [3.8, 4) is 0 Å². The van der Waals surface area contributed by atoms with Gasteiger partial charge in [-0.3, -0.25) is 4.79 Å². The molecule has 2 aromatic rings. The van der Waals surface area contributed by atoms with Crippen LogP contribution in [0.15, 0.2) is 16.5 Å². The van der Waals surface area contributed by atoms with E-state index >= 15 is 0 Å². The molecule has 0 spiro atoms. The van der Waals surface area contributed by atoms with Crippen molar-refractivity contribution in [1.29, 1.82) is 0 Å². The van der Waals surface area contributed by atoms with Gasteiger partial charge in [-0.05, 0) is 44.7 Å². The molecule has 0 saturated carbocycles. The second kappa shape index (κ2) is 6.31. The zero-order valence-electron chi connectivity index (χ0n) is 13.3. The molecule has 0 bridgehead atoms. The maximum atomic E-state index is 12.7. The molecule has 2 heterocycles. The van der Waals surface area contributed by atoms with Crippen LogP contribution >= 0.6 is 12.4 Å². The first-order valence-electron chi connectivity index (χ1n) is 7.53. The number of amides is 1. The summed E-state index contributed by atoms with van der Waals surface area (Å²) in [6.07, 6.45) is 1.95. The molecule has 1 aliphatic heterocycles. The van der Waals surface area contributed by atoms with E-state index in [0.29, 0.717) is 12.3 Å². The van der Waals surface area contributed by atoms with Gasteiger partial charge in [-0.15, -0.1) is 12.4 Å². The van der Waals surface area contributed by atoms with Gasteiger partial charge in [-0.1, -0.05) is 12.1 Å². The van der Waals surface area contributed by atoms with E-state index in [1.54, 1.807) is 0 Å². The molecule has 4 nitrogen and oxygen atoms in total. The van der Waals surface area contributed by atoms with Crippen molar-refractivity contribution in [3.05, 3.63) is 34.6 Å². The third kappa shape index (κ3) is 2.73. The zero-order valence-corrected chi connectivity index (χ0v) is 14.1. The Balaban J connectivity index is 0.00000176. The fourth-order valence-electron chi connectivity index (χ4n) is 3.22. The molecule has 5 heteroatoms. The van der Waals surface area contributed by atoms with Crippen molar-refractivity contribution in [3.63, 3.8) is 0 Å². The first kappa shape index (κ1) is 16.8. The van der Waals surface area contributed by atoms with E-state index in [9.17, 15) is 4.79 Å². The Morgan fingerprint density at radius 3 is 2.59 bits per heavy atom. The number of benzene rings is 1. The number of likely N-dealkylation sites (tertiary alicyclic amines) is 1. The lowest BCUT2D eigenvalue weighted by atomic mass is 10.0. The summed E-state index contributed by atoms with van der Waals surface area (Å²) in [5, 5.41) is 1.07. The number of carbonyl (C=O) groups excluding carboxylic acids is 1. The second-order valence-electron chi connectivity index (χ2n) is 6.11. The van der Waals surface area contributed by atoms with E-state index in [0.717, 1.165) is 47.0 Å². The molecule has 120 valence electrons. The number of furan rings is 1. The fourth-order valence-corrected chi connectivity index (χ4v) is 3.22. The molecule has 1 aromatic carbocycles. The van der Waals surface area contributed by atoms with Gasteiger partial charge in [-0.25, -0.2) is 0 Å². The van der Waals surface area contributed by atoms with Gasteiger partial charge in [0.05, 0.1) is 0 Å². The number of aryl methyl sites for hydroxylation is 3. The van der Waals surface area contributed by atoms with Crippen LogP contribution in [0.1, 0.15) is 40.1 Å². The van der Waals surface area contributed by atoms with Crippen LogP contribution < -0.4 is 5.73 Å². The largest absolute Gasteiger partial charge is 0.450 e. The first-order valence-corrected chi connectivity index (χ1v) is 7.53. The number of hydrogen-bond acceptors (Lipinski definition) is 3. The zero-order chi connectivity index (χ0) is 15.1. The molecule has 0 aliphatic carbocycles. The molecule has 22 heavy (non-hydrogen) atoms. The number of halogens is 1. The Hall–Kier alpha value is -1.52. The Kier molecular flexibility index (Phi) is 4.83. The molecule has 1 saturated heterocycles. The van der Waals surface area contributed by atoms with Gasteiger partial charge in [0.25, 0.3) is 5.91 Å². The van der Waals surface area contributed by atoms with Crippen molar-refractivity contribution in [2.75, 3.05) is 13.1 Å². The van der Waals surface area contributed by atoms with Crippen molar-refractivity contribution in [1.82, 2.24) is 4.90 Å². The number of piperidine rings is 1. The monoisotopic (exact) mass is 322 g/mol. The SMILES string of the molecule is Cc1ccc(C)c2c(C)c(C(=O)N3CCCC(N)C3)oc12.Cl. The predicted molar refractivity (Wildman–Crippen MR) is 90.8 cm³/mol. The highest BCUT2D eigenvalue weighted by atomic mass is 35.5. The van der Waals surface area contributed by atoms with Gasteiger partial charge in [0, 0.05) is 30.1 Å². The van der Waals surface area contributed by atoms with E-state index < -0.39 is 0 Å². The topological polar surface area (TPSA) is 59.5 Å². The van der Waals surface area contributed by atoms with Crippen molar-refractivity contribution >= 4 is 29.3 Å². The number of nitrogens with two attached hydrogens (primary N) is 1. The van der Waals surface area contributed by atoms with Crippen LogP contribution in [0, 0.1) is 20.8 Å². The summed E-state index contributed by atoms with van der Waals surface area (Å²) in [6, 6.07) is 4.19. The third-order valence-corrected chi connectivity index (χ3v) is 4.42. The molecule has 1 atom stereocenters. The highest BCUT2D eigenvalue weighted by Crippen LogP contribution is 2.31. The summed E-state index contributed by atoms with van der Waals surface area (Å²) in [5.41, 5.74) is 9.96. The number of rotatable bonds is 1. The van der Waals surface area contributed by atoms with Crippen LogP contribution in [-0.4, -0.2) is 29.9 Å². The number of nitrogens with zero attached hydrogens (tertiary/aromatic N) is 1. The van der Waals surface area contributed by atoms with Crippen molar-refractivity contribution in [2.24, 2.45) is 5.73 Å². The molecule has 3 rings (SSSR count). The molecule has 1 aliphatic rings. The lowest BCUT2D eigenvalue weighted by Gasteiger charge is -2.30. The summed E-state index contributed by atoms with van der Waals surface area (Å²) in [7, 11) is 0. The number of fused-ring (bicyclic) bond motifs is 1. The van der Waals surface area contributed by atoms with Crippen LogP contribution in [0.5, 0.6) is 0 Å². The molecule has 1 aromatic heterocycles. The summed E-state index contributed by atoms with van der Waals surface area (Å²) in [4.78, 5) is 14.6. The molecule has 0 radical (unpaired) electrons. The standard InChI is InChI=1S/C17H22N2O2.ClH/c1-10-6-7-11(2)15-14(10)12(3)16(21-15)17(20)19-8-4-5-13(18)9-19;/h6-7,13H,4-5,8-9,18H2,1-3H3;1H. The molecule has 1 unspecified atom stereocenters. The van der Waals surface area contributed by atoms with E-state index in [-0.39, 0.29) is 24.4 Å². The Bertz CT molecular complexity index is 708. The lowest BCUT2D eigenvalue weighted by molar-refractivity contribution is 0.0678. The van der Waals surface area contributed by atoms with Crippen LogP contribution in [-0.2, 0) is 0 Å². The minimum absolute atomic E-state index is 0. The van der Waals surface area contributed by atoms with Gasteiger partial charge in [-0.2, -0.15) is 0 Å². The average molecular weight is 323 g/mol. The predicted octanol–water partition coefficient (Wildman–Crippen LogP) is 3.34. The summed E-state index contributed by atoms with van der Waals surface area (Å²) in [5.74, 6) is 0.439.